The summed E-state index contributed by atoms with van der Waals surface area (Å²) in [5.41, 5.74) is 0.360. The molecule has 2 aromatic carbocycles. The Balaban J connectivity index is 1.73. The summed E-state index contributed by atoms with van der Waals surface area (Å²) in [7, 11) is 0. The van der Waals surface area contributed by atoms with Crippen molar-refractivity contribution in [1.82, 2.24) is 5.32 Å². The number of nitrogens with one attached hydrogen (secondary N) is 1. The second-order valence-electron chi connectivity index (χ2n) is 5.45. The normalized spacial score (nSPS) is 16.0. The van der Waals surface area contributed by atoms with Crippen LogP contribution < -0.4 is 5.32 Å². The molecule has 4 heteroatoms. The highest BCUT2D eigenvalue weighted by atomic mass is 32.2. The Morgan fingerprint density at radius 1 is 1.19 bits per heavy atom. The van der Waals surface area contributed by atoms with E-state index in [1.54, 1.807) is 6.07 Å². The minimum Gasteiger partial charge on any atom is -0.506 e. The molecular formula is C17H19NO2S. The van der Waals surface area contributed by atoms with E-state index in [1.807, 2.05) is 42.1 Å². The summed E-state index contributed by atoms with van der Waals surface area (Å²) < 4.78 is 0. The molecule has 0 atom stereocenters. The maximum absolute atomic E-state index is 12.3. The van der Waals surface area contributed by atoms with Crippen LogP contribution in [-0.2, 0) is 0 Å². The molecule has 3 nitrogen and oxygen atoms in total. The van der Waals surface area contributed by atoms with Gasteiger partial charge in [-0.25, -0.2) is 0 Å². The van der Waals surface area contributed by atoms with Crippen molar-refractivity contribution in [2.24, 2.45) is 5.92 Å². The first-order valence-corrected chi connectivity index (χ1v) is 8.48. The number of carbonyl (C=O) groups excluding carboxylic acids is 1. The molecule has 0 aromatic heterocycles. The van der Waals surface area contributed by atoms with Crippen molar-refractivity contribution in [2.45, 2.75) is 12.8 Å². The highest BCUT2D eigenvalue weighted by Crippen LogP contribution is 2.28. The van der Waals surface area contributed by atoms with Gasteiger partial charge in [0, 0.05) is 11.9 Å². The number of carbonyl (C=O) groups is 1. The van der Waals surface area contributed by atoms with Gasteiger partial charge in [0.15, 0.2) is 0 Å². The fourth-order valence-electron chi connectivity index (χ4n) is 2.72. The molecule has 2 N–H and O–H groups in total. The predicted octanol–water partition coefficient (Wildman–Crippen LogP) is 3.42. The molecule has 0 bridgehead atoms. The van der Waals surface area contributed by atoms with Crippen LogP contribution in [0.25, 0.3) is 10.8 Å². The fourth-order valence-corrected chi connectivity index (χ4v) is 3.93. The summed E-state index contributed by atoms with van der Waals surface area (Å²) in [6.45, 7) is 0.700. The van der Waals surface area contributed by atoms with E-state index in [2.05, 4.69) is 5.32 Å². The van der Waals surface area contributed by atoms with E-state index in [1.165, 1.54) is 11.5 Å². The van der Waals surface area contributed by atoms with Crippen molar-refractivity contribution >= 4 is 28.4 Å². The SMILES string of the molecule is O=C(NCC1CCSCC1)c1ccc2ccccc2c1O. The van der Waals surface area contributed by atoms with Gasteiger partial charge < -0.3 is 10.4 Å². The standard InChI is InChI=1S/C17H19NO2S/c19-16-14-4-2-1-3-13(14)5-6-15(16)17(20)18-11-12-7-9-21-10-8-12/h1-6,12,19H,7-11H2,(H,18,20). The number of fused-ring (bicyclic) bond motifs is 1. The molecule has 2 aromatic rings. The number of thioether (sulfide) groups is 1. The third kappa shape index (κ3) is 3.16. The van der Waals surface area contributed by atoms with Gasteiger partial charge in [0.25, 0.3) is 5.91 Å². The lowest BCUT2D eigenvalue weighted by Crippen LogP contribution is -2.31. The van der Waals surface area contributed by atoms with Gasteiger partial charge in [-0.1, -0.05) is 30.3 Å². The summed E-state index contributed by atoms with van der Waals surface area (Å²) in [5.74, 6) is 2.82. The number of hydrogen-bond acceptors (Lipinski definition) is 3. The van der Waals surface area contributed by atoms with Crippen LogP contribution in [-0.4, -0.2) is 29.1 Å². The summed E-state index contributed by atoms with van der Waals surface area (Å²) >= 11 is 1.98. The summed E-state index contributed by atoms with van der Waals surface area (Å²) in [6, 6.07) is 11.1. The van der Waals surface area contributed by atoms with E-state index in [9.17, 15) is 9.90 Å². The van der Waals surface area contributed by atoms with Crippen LogP contribution in [0.4, 0.5) is 0 Å². The van der Waals surface area contributed by atoms with E-state index < -0.39 is 0 Å². The maximum Gasteiger partial charge on any atom is 0.255 e. The zero-order valence-corrected chi connectivity index (χ0v) is 12.7. The first kappa shape index (κ1) is 14.3. The molecule has 1 fully saturated rings. The highest BCUT2D eigenvalue weighted by Gasteiger charge is 2.17. The van der Waals surface area contributed by atoms with E-state index in [0.29, 0.717) is 18.0 Å². The molecule has 1 aliphatic heterocycles. The smallest absolute Gasteiger partial charge is 0.255 e. The second-order valence-corrected chi connectivity index (χ2v) is 6.67. The van der Waals surface area contributed by atoms with Gasteiger partial charge in [-0.15, -0.1) is 0 Å². The molecule has 1 amide bonds. The number of rotatable bonds is 3. The zero-order valence-electron chi connectivity index (χ0n) is 11.8. The Morgan fingerprint density at radius 3 is 2.76 bits per heavy atom. The maximum atomic E-state index is 12.3. The van der Waals surface area contributed by atoms with Gasteiger partial charge in [-0.2, -0.15) is 11.8 Å². The second kappa shape index (κ2) is 6.39. The zero-order chi connectivity index (χ0) is 14.7. The number of benzene rings is 2. The van der Waals surface area contributed by atoms with Crippen molar-refractivity contribution in [3.63, 3.8) is 0 Å². The minimum absolute atomic E-state index is 0.0739. The van der Waals surface area contributed by atoms with E-state index >= 15 is 0 Å². The van der Waals surface area contributed by atoms with E-state index in [-0.39, 0.29) is 11.7 Å². The lowest BCUT2D eigenvalue weighted by Gasteiger charge is -2.21. The largest absolute Gasteiger partial charge is 0.506 e. The highest BCUT2D eigenvalue weighted by molar-refractivity contribution is 7.99. The van der Waals surface area contributed by atoms with Crippen LogP contribution in [0.1, 0.15) is 23.2 Å². The van der Waals surface area contributed by atoms with E-state index in [4.69, 9.17) is 0 Å². The lowest BCUT2D eigenvalue weighted by molar-refractivity contribution is 0.0944. The Bertz CT molecular complexity index is 650. The molecule has 0 aliphatic carbocycles. The molecule has 0 unspecified atom stereocenters. The monoisotopic (exact) mass is 301 g/mol. The molecule has 21 heavy (non-hydrogen) atoms. The number of amides is 1. The quantitative estimate of drug-likeness (QED) is 0.913. The Labute approximate surface area is 128 Å². The van der Waals surface area contributed by atoms with Crippen LogP contribution in [0, 0.1) is 5.92 Å². The lowest BCUT2D eigenvalue weighted by atomic mass is 10.0. The molecule has 3 rings (SSSR count). The fraction of sp³-hybridized carbons (Fsp3) is 0.353. The van der Waals surface area contributed by atoms with Crippen molar-refractivity contribution in [1.29, 1.82) is 0 Å². The number of aromatic hydroxyl groups is 1. The van der Waals surface area contributed by atoms with Gasteiger partial charge in [0.1, 0.15) is 5.75 Å². The van der Waals surface area contributed by atoms with Gasteiger partial charge in [0.2, 0.25) is 0 Å². The van der Waals surface area contributed by atoms with Crippen molar-refractivity contribution < 1.29 is 9.90 Å². The van der Waals surface area contributed by atoms with Crippen LogP contribution >= 0.6 is 11.8 Å². The number of phenolic OH excluding ortho intramolecular Hbond substituents is 1. The average molecular weight is 301 g/mol. The van der Waals surface area contributed by atoms with Gasteiger partial charge in [-0.3, -0.25) is 4.79 Å². The third-order valence-corrected chi connectivity index (χ3v) is 5.09. The Hall–Kier alpha value is -1.68. The summed E-state index contributed by atoms with van der Waals surface area (Å²) in [4.78, 5) is 12.3. The topological polar surface area (TPSA) is 49.3 Å². The van der Waals surface area contributed by atoms with Crippen LogP contribution in [0.5, 0.6) is 5.75 Å². The molecule has 0 spiro atoms. The molecule has 1 aliphatic rings. The van der Waals surface area contributed by atoms with Crippen LogP contribution in [0.15, 0.2) is 36.4 Å². The number of hydrogen-bond donors (Lipinski definition) is 2. The number of phenols is 1. The molecule has 110 valence electrons. The molecule has 1 heterocycles. The molecule has 0 saturated carbocycles. The van der Waals surface area contributed by atoms with Gasteiger partial charge in [-0.05, 0) is 41.7 Å². The third-order valence-electron chi connectivity index (χ3n) is 4.04. The molecule has 0 radical (unpaired) electrons. The Morgan fingerprint density at radius 2 is 1.95 bits per heavy atom. The van der Waals surface area contributed by atoms with Gasteiger partial charge in [0.05, 0.1) is 5.56 Å². The first-order chi connectivity index (χ1) is 10.3. The molecule has 1 saturated heterocycles. The minimum atomic E-state index is -0.184. The van der Waals surface area contributed by atoms with E-state index in [0.717, 1.165) is 23.6 Å². The van der Waals surface area contributed by atoms with Crippen molar-refractivity contribution in [3.05, 3.63) is 42.0 Å². The van der Waals surface area contributed by atoms with Crippen molar-refractivity contribution in [2.75, 3.05) is 18.1 Å². The first-order valence-electron chi connectivity index (χ1n) is 7.32. The molecular weight excluding hydrogens is 282 g/mol. The summed E-state index contributed by atoms with van der Waals surface area (Å²) in [5, 5.41) is 14.9. The van der Waals surface area contributed by atoms with Gasteiger partial charge >= 0.3 is 0 Å². The Kier molecular flexibility index (Phi) is 4.34. The van der Waals surface area contributed by atoms with Crippen LogP contribution in [0.3, 0.4) is 0 Å². The predicted molar refractivity (Wildman–Crippen MR) is 88.0 cm³/mol. The van der Waals surface area contributed by atoms with Crippen molar-refractivity contribution in [3.8, 4) is 5.75 Å². The summed E-state index contributed by atoms with van der Waals surface area (Å²) in [6.07, 6.45) is 2.32. The average Bonchev–Trinajstić information content (AvgIpc) is 2.54. The van der Waals surface area contributed by atoms with Crippen LogP contribution in [0.2, 0.25) is 0 Å².